The van der Waals surface area contributed by atoms with Crippen LogP contribution in [-0.4, -0.2) is 50.3 Å². The maximum Gasteiger partial charge on any atom is 0.338 e. The van der Waals surface area contributed by atoms with Crippen LogP contribution in [0.4, 0.5) is 0 Å². The summed E-state index contributed by atoms with van der Waals surface area (Å²) in [5, 5.41) is -0.880. The molecule has 1 aliphatic heterocycles. The van der Waals surface area contributed by atoms with Gasteiger partial charge in [-0.25, -0.2) is 9.59 Å². The van der Waals surface area contributed by atoms with Gasteiger partial charge in [-0.3, -0.25) is 4.18 Å². The molecule has 0 unspecified atom stereocenters. The van der Waals surface area contributed by atoms with Crippen LogP contribution in [0, 0.1) is 6.92 Å². The minimum atomic E-state index is -4.11. The van der Waals surface area contributed by atoms with E-state index in [1.54, 1.807) is 72.8 Å². The number of alkyl halides is 1. The number of hydrogen-bond donors (Lipinski definition) is 0. The zero-order valence-corrected chi connectivity index (χ0v) is 21.6. The molecule has 0 aliphatic carbocycles. The second-order valence-electron chi connectivity index (χ2n) is 8.05. The van der Waals surface area contributed by atoms with E-state index in [1.165, 1.54) is 12.1 Å². The van der Waals surface area contributed by atoms with E-state index in [-0.39, 0.29) is 10.5 Å². The van der Waals surface area contributed by atoms with Crippen LogP contribution < -0.4 is 0 Å². The van der Waals surface area contributed by atoms with Gasteiger partial charge in [0.2, 0.25) is 0 Å². The van der Waals surface area contributed by atoms with Crippen molar-refractivity contribution in [3.63, 3.8) is 0 Å². The third-order valence-corrected chi connectivity index (χ3v) is 7.49. The fourth-order valence-corrected chi connectivity index (χ4v) is 5.15. The zero-order chi connectivity index (χ0) is 25.7. The number of benzene rings is 3. The first-order chi connectivity index (χ1) is 17.2. The van der Waals surface area contributed by atoms with Gasteiger partial charge in [0.1, 0.15) is 6.10 Å². The van der Waals surface area contributed by atoms with Gasteiger partial charge in [0, 0.05) is 0 Å². The SMILES string of the molecule is Cc1ccc(S(=O)(=O)OC[C@@H]2O[C@@H](Br)[C@H](OC(=O)c3ccccc3)[C@H]2OC(=O)c2ccccc2)cc1. The molecule has 1 heterocycles. The number of ether oxygens (including phenoxy) is 3. The molecule has 188 valence electrons. The molecule has 4 rings (SSSR count). The summed E-state index contributed by atoms with van der Waals surface area (Å²) in [5.41, 5.74) is 1.47. The van der Waals surface area contributed by atoms with Crippen LogP contribution in [0.25, 0.3) is 0 Å². The molecule has 0 aromatic heterocycles. The number of carbonyl (C=O) groups is 2. The van der Waals surface area contributed by atoms with Crippen LogP contribution in [0.3, 0.4) is 0 Å². The van der Waals surface area contributed by atoms with Crippen LogP contribution in [-0.2, 0) is 28.5 Å². The van der Waals surface area contributed by atoms with Gasteiger partial charge in [0.15, 0.2) is 17.2 Å². The summed E-state index contributed by atoms with van der Waals surface area (Å²) in [4.78, 5) is 25.5. The Morgan fingerprint density at radius 2 is 1.31 bits per heavy atom. The highest BCUT2D eigenvalue weighted by atomic mass is 79.9. The number of carbonyl (C=O) groups excluding carboxylic acids is 2. The maximum atomic E-state index is 12.8. The summed E-state index contributed by atoms with van der Waals surface area (Å²) in [6, 6.07) is 22.7. The maximum absolute atomic E-state index is 12.8. The average Bonchev–Trinajstić information content (AvgIpc) is 3.17. The Hall–Kier alpha value is -3.05. The highest BCUT2D eigenvalue weighted by Crippen LogP contribution is 2.32. The summed E-state index contributed by atoms with van der Waals surface area (Å²) in [7, 11) is -4.11. The Kier molecular flexibility index (Phi) is 8.20. The van der Waals surface area contributed by atoms with Crippen LogP contribution in [0.1, 0.15) is 26.3 Å². The summed E-state index contributed by atoms with van der Waals surface area (Å²) >= 11 is 3.31. The molecule has 0 spiro atoms. The van der Waals surface area contributed by atoms with Crippen molar-refractivity contribution >= 4 is 38.0 Å². The average molecular weight is 575 g/mol. The smallest absolute Gasteiger partial charge is 0.338 e. The lowest BCUT2D eigenvalue weighted by Crippen LogP contribution is -2.41. The van der Waals surface area contributed by atoms with E-state index in [4.69, 9.17) is 18.4 Å². The van der Waals surface area contributed by atoms with Gasteiger partial charge in [0.05, 0.1) is 22.6 Å². The Labute approximate surface area is 217 Å². The summed E-state index contributed by atoms with van der Waals surface area (Å²) in [5.74, 6) is -1.33. The van der Waals surface area contributed by atoms with Crippen molar-refractivity contribution in [3.05, 3.63) is 102 Å². The van der Waals surface area contributed by atoms with Gasteiger partial charge < -0.3 is 14.2 Å². The molecule has 0 N–H and O–H groups in total. The molecule has 0 saturated carbocycles. The molecule has 0 bridgehead atoms. The topological polar surface area (TPSA) is 105 Å². The van der Waals surface area contributed by atoms with Crippen LogP contribution in [0.2, 0.25) is 0 Å². The fraction of sp³-hybridized carbons (Fsp3) is 0.231. The van der Waals surface area contributed by atoms with Gasteiger partial charge >= 0.3 is 11.9 Å². The molecule has 8 nitrogen and oxygen atoms in total. The lowest BCUT2D eigenvalue weighted by molar-refractivity contribution is -0.0360. The minimum Gasteiger partial charge on any atom is -0.452 e. The van der Waals surface area contributed by atoms with Crippen LogP contribution in [0.15, 0.2) is 89.8 Å². The Morgan fingerprint density at radius 1 is 0.806 bits per heavy atom. The van der Waals surface area contributed by atoms with Crippen molar-refractivity contribution in [3.8, 4) is 0 Å². The lowest BCUT2D eigenvalue weighted by Gasteiger charge is -2.23. The molecule has 0 amide bonds. The molecule has 3 aromatic rings. The molecule has 0 radical (unpaired) electrons. The van der Waals surface area contributed by atoms with E-state index in [1.807, 2.05) is 6.92 Å². The van der Waals surface area contributed by atoms with Gasteiger partial charge in [0.25, 0.3) is 10.1 Å². The Balaban J connectivity index is 1.54. The van der Waals surface area contributed by atoms with Gasteiger partial charge in [-0.15, -0.1) is 0 Å². The zero-order valence-electron chi connectivity index (χ0n) is 19.2. The minimum absolute atomic E-state index is 0.0219. The number of halogens is 1. The standard InChI is InChI=1S/C26H23BrO8S/c1-17-12-14-20(15-13-17)36(30,31)32-16-21-22(34-25(28)18-8-4-2-5-9-18)23(24(27)33-21)35-26(29)19-10-6-3-7-11-19/h2-15,21-24H,16H2,1H3/t21-,22-,23+,24+/m0/s1. The number of rotatable bonds is 8. The summed E-state index contributed by atoms with van der Waals surface area (Å²) < 4.78 is 47.7. The molecule has 10 heteroatoms. The largest absolute Gasteiger partial charge is 0.452 e. The first kappa shape index (κ1) is 26.0. The van der Waals surface area contributed by atoms with E-state index in [2.05, 4.69) is 15.9 Å². The van der Waals surface area contributed by atoms with Gasteiger partial charge in [-0.05, 0) is 43.3 Å². The molecular formula is C26H23BrO8S. The van der Waals surface area contributed by atoms with Crippen molar-refractivity contribution in [1.82, 2.24) is 0 Å². The Morgan fingerprint density at radius 3 is 1.83 bits per heavy atom. The second-order valence-corrected chi connectivity index (χ2v) is 10.6. The van der Waals surface area contributed by atoms with E-state index in [0.717, 1.165) is 5.56 Å². The predicted molar refractivity (Wildman–Crippen MR) is 133 cm³/mol. The summed E-state index contributed by atoms with van der Waals surface area (Å²) in [6.45, 7) is 1.37. The molecule has 36 heavy (non-hydrogen) atoms. The quantitative estimate of drug-likeness (QED) is 0.223. The lowest BCUT2D eigenvalue weighted by atomic mass is 10.1. The number of hydrogen-bond acceptors (Lipinski definition) is 8. The molecule has 1 fully saturated rings. The molecule has 1 aliphatic rings. The van der Waals surface area contributed by atoms with E-state index in [9.17, 15) is 18.0 Å². The van der Waals surface area contributed by atoms with Crippen molar-refractivity contribution in [2.75, 3.05) is 6.61 Å². The van der Waals surface area contributed by atoms with E-state index in [0.29, 0.717) is 5.56 Å². The normalized spacial score (nSPS) is 21.6. The second kappa shape index (κ2) is 11.3. The van der Waals surface area contributed by atoms with Gasteiger partial charge in [-0.2, -0.15) is 8.42 Å². The molecular weight excluding hydrogens is 552 g/mol. The van der Waals surface area contributed by atoms with Crippen LogP contribution >= 0.6 is 15.9 Å². The van der Waals surface area contributed by atoms with Crippen molar-refractivity contribution in [1.29, 1.82) is 0 Å². The molecule has 3 aromatic carbocycles. The monoisotopic (exact) mass is 574 g/mol. The van der Waals surface area contributed by atoms with Crippen LogP contribution in [0.5, 0.6) is 0 Å². The Bertz CT molecular complexity index is 1300. The first-order valence-corrected chi connectivity index (χ1v) is 13.3. The van der Waals surface area contributed by atoms with Crippen molar-refractivity contribution in [2.24, 2.45) is 0 Å². The highest BCUT2D eigenvalue weighted by molar-refractivity contribution is 9.09. The van der Waals surface area contributed by atoms with Crippen molar-refractivity contribution in [2.45, 2.75) is 35.1 Å². The first-order valence-electron chi connectivity index (χ1n) is 11.0. The third-order valence-electron chi connectivity index (χ3n) is 5.46. The summed E-state index contributed by atoms with van der Waals surface area (Å²) in [6.07, 6.45) is -3.26. The number of esters is 2. The van der Waals surface area contributed by atoms with Gasteiger partial charge in [-0.1, -0.05) is 70.0 Å². The fourth-order valence-electron chi connectivity index (χ4n) is 3.54. The predicted octanol–water partition coefficient (Wildman–Crippen LogP) is 4.27. The van der Waals surface area contributed by atoms with E-state index < -0.39 is 52.0 Å². The number of aryl methyl sites for hydroxylation is 1. The van der Waals surface area contributed by atoms with E-state index >= 15 is 0 Å². The third kappa shape index (κ3) is 6.19. The highest BCUT2D eigenvalue weighted by Gasteiger charge is 2.49. The van der Waals surface area contributed by atoms with Crippen molar-refractivity contribution < 1.29 is 36.4 Å². The molecule has 1 saturated heterocycles. The molecule has 4 atom stereocenters.